The summed E-state index contributed by atoms with van der Waals surface area (Å²) in [6, 6.07) is 6.05. The molecule has 1 rings (SSSR count). The molecule has 0 aliphatic carbocycles. The molecular formula is C17H30N4. The predicted octanol–water partition coefficient (Wildman–Crippen LogP) is 3.27. The van der Waals surface area contributed by atoms with E-state index in [9.17, 15) is 0 Å². The molecule has 0 aliphatic heterocycles. The lowest BCUT2D eigenvalue weighted by molar-refractivity contribution is 0.534. The first-order valence-electron chi connectivity index (χ1n) is 8.06. The van der Waals surface area contributed by atoms with Gasteiger partial charge in [-0.1, -0.05) is 32.8 Å². The van der Waals surface area contributed by atoms with E-state index in [0.717, 1.165) is 36.4 Å². The Labute approximate surface area is 129 Å². The van der Waals surface area contributed by atoms with Crippen LogP contribution in [0.15, 0.2) is 23.2 Å². The second-order valence-electron chi connectivity index (χ2n) is 5.78. The van der Waals surface area contributed by atoms with Gasteiger partial charge in [0.25, 0.3) is 0 Å². The Hall–Kier alpha value is -1.58. The van der Waals surface area contributed by atoms with E-state index in [0.29, 0.717) is 6.54 Å². The van der Waals surface area contributed by atoms with Gasteiger partial charge in [-0.15, -0.1) is 0 Å². The number of aryl methyl sites for hydroxylation is 1. The standard InChI is InChI=1S/C17H30N4/c1-5-18-17(19-12-7-6-9-14(2)3)20-13-16-11-8-10-15(4)21-16/h8,10-11,14H,5-7,9,12-13H2,1-4H3,(H2,18,19,20). The van der Waals surface area contributed by atoms with Crippen molar-refractivity contribution in [2.24, 2.45) is 10.9 Å². The van der Waals surface area contributed by atoms with Crippen LogP contribution in [0.5, 0.6) is 0 Å². The van der Waals surface area contributed by atoms with Gasteiger partial charge >= 0.3 is 0 Å². The van der Waals surface area contributed by atoms with Crippen LogP contribution in [0, 0.1) is 12.8 Å². The average molecular weight is 290 g/mol. The Bertz CT molecular complexity index is 427. The molecule has 1 aromatic rings. The quantitative estimate of drug-likeness (QED) is 0.439. The number of hydrogen-bond acceptors (Lipinski definition) is 2. The molecule has 0 saturated heterocycles. The highest BCUT2D eigenvalue weighted by Gasteiger charge is 1.99. The van der Waals surface area contributed by atoms with Gasteiger partial charge in [0.2, 0.25) is 0 Å². The van der Waals surface area contributed by atoms with Gasteiger partial charge in [0, 0.05) is 18.8 Å². The summed E-state index contributed by atoms with van der Waals surface area (Å²) in [6.07, 6.45) is 3.75. The molecule has 4 heteroatoms. The van der Waals surface area contributed by atoms with E-state index in [4.69, 9.17) is 0 Å². The summed E-state index contributed by atoms with van der Waals surface area (Å²) >= 11 is 0. The molecule has 21 heavy (non-hydrogen) atoms. The van der Waals surface area contributed by atoms with Gasteiger partial charge in [-0.25, -0.2) is 4.99 Å². The van der Waals surface area contributed by atoms with Crippen molar-refractivity contribution in [2.45, 2.75) is 53.5 Å². The maximum Gasteiger partial charge on any atom is 0.191 e. The van der Waals surface area contributed by atoms with Gasteiger partial charge in [0.15, 0.2) is 5.96 Å². The fraction of sp³-hybridized carbons (Fsp3) is 0.647. The number of aromatic nitrogens is 1. The largest absolute Gasteiger partial charge is 0.357 e. The number of nitrogens with one attached hydrogen (secondary N) is 2. The van der Waals surface area contributed by atoms with Gasteiger partial charge in [-0.3, -0.25) is 4.98 Å². The lowest BCUT2D eigenvalue weighted by Gasteiger charge is -2.11. The van der Waals surface area contributed by atoms with Crippen LogP contribution in [-0.4, -0.2) is 24.0 Å². The van der Waals surface area contributed by atoms with Crippen molar-refractivity contribution in [2.75, 3.05) is 13.1 Å². The monoisotopic (exact) mass is 290 g/mol. The number of nitrogens with zero attached hydrogens (tertiary/aromatic N) is 2. The molecular weight excluding hydrogens is 260 g/mol. The van der Waals surface area contributed by atoms with E-state index in [1.54, 1.807) is 0 Å². The molecule has 0 aromatic carbocycles. The Balaban J connectivity index is 2.39. The molecule has 0 unspecified atom stereocenters. The lowest BCUT2D eigenvalue weighted by atomic mass is 10.1. The summed E-state index contributed by atoms with van der Waals surface area (Å²) in [5, 5.41) is 6.67. The van der Waals surface area contributed by atoms with E-state index in [1.807, 2.05) is 25.1 Å². The smallest absolute Gasteiger partial charge is 0.191 e. The second-order valence-corrected chi connectivity index (χ2v) is 5.78. The Morgan fingerprint density at radius 1 is 1.24 bits per heavy atom. The maximum atomic E-state index is 4.59. The summed E-state index contributed by atoms with van der Waals surface area (Å²) in [7, 11) is 0. The molecule has 1 aromatic heterocycles. The third kappa shape index (κ3) is 8.33. The van der Waals surface area contributed by atoms with Crippen LogP contribution < -0.4 is 10.6 Å². The van der Waals surface area contributed by atoms with E-state index in [2.05, 4.69) is 41.4 Å². The van der Waals surface area contributed by atoms with Crippen LogP contribution in [-0.2, 0) is 6.54 Å². The molecule has 0 bridgehead atoms. The molecule has 0 fully saturated rings. The second kappa shape index (κ2) is 10.2. The Kier molecular flexibility index (Phi) is 8.48. The highest BCUT2D eigenvalue weighted by molar-refractivity contribution is 5.79. The number of pyridine rings is 1. The lowest BCUT2D eigenvalue weighted by Crippen LogP contribution is -2.37. The molecule has 4 nitrogen and oxygen atoms in total. The van der Waals surface area contributed by atoms with Crippen LogP contribution in [0.2, 0.25) is 0 Å². The minimum atomic E-state index is 0.614. The molecule has 0 amide bonds. The number of unbranched alkanes of at least 4 members (excludes halogenated alkanes) is 1. The van der Waals surface area contributed by atoms with Crippen molar-refractivity contribution in [1.29, 1.82) is 0 Å². The fourth-order valence-corrected chi connectivity index (χ4v) is 2.07. The van der Waals surface area contributed by atoms with Crippen molar-refractivity contribution in [1.82, 2.24) is 15.6 Å². The minimum Gasteiger partial charge on any atom is -0.357 e. The molecule has 0 saturated carbocycles. The number of rotatable bonds is 8. The first-order valence-corrected chi connectivity index (χ1v) is 8.06. The number of aliphatic imine (C=N–C) groups is 1. The van der Waals surface area contributed by atoms with Gasteiger partial charge in [-0.05, 0) is 38.3 Å². The summed E-state index contributed by atoms with van der Waals surface area (Å²) < 4.78 is 0. The Morgan fingerprint density at radius 3 is 2.71 bits per heavy atom. The zero-order valence-corrected chi connectivity index (χ0v) is 13.9. The normalized spacial score (nSPS) is 11.8. The van der Waals surface area contributed by atoms with E-state index < -0.39 is 0 Å². The average Bonchev–Trinajstić information content (AvgIpc) is 2.44. The van der Waals surface area contributed by atoms with Crippen molar-refractivity contribution >= 4 is 5.96 Å². The molecule has 0 atom stereocenters. The minimum absolute atomic E-state index is 0.614. The first-order chi connectivity index (χ1) is 10.1. The van der Waals surface area contributed by atoms with E-state index in [-0.39, 0.29) is 0 Å². The van der Waals surface area contributed by atoms with E-state index >= 15 is 0 Å². The molecule has 0 spiro atoms. The fourth-order valence-electron chi connectivity index (χ4n) is 2.07. The van der Waals surface area contributed by atoms with Gasteiger partial charge in [0.05, 0.1) is 12.2 Å². The zero-order valence-electron chi connectivity index (χ0n) is 13.9. The topological polar surface area (TPSA) is 49.3 Å². The summed E-state index contributed by atoms with van der Waals surface area (Å²) in [5.74, 6) is 1.67. The van der Waals surface area contributed by atoms with Crippen molar-refractivity contribution in [3.63, 3.8) is 0 Å². The van der Waals surface area contributed by atoms with Crippen LogP contribution in [0.25, 0.3) is 0 Å². The molecule has 0 radical (unpaired) electrons. The van der Waals surface area contributed by atoms with Gasteiger partial charge in [-0.2, -0.15) is 0 Å². The summed E-state index contributed by atoms with van der Waals surface area (Å²) in [6.45, 7) is 11.1. The molecule has 2 N–H and O–H groups in total. The molecule has 1 heterocycles. The van der Waals surface area contributed by atoms with Crippen LogP contribution in [0.4, 0.5) is 0 Å². The molecule has 0 aliphatic rings. The third-order valence-corrected chi connectivity index (χ3v) is 3.19. The summed E-state index contributed by atoms with van der Waals surface area (Å²) in [4.78, 5) is 9.06. The van der Waals surface area contributed by atoms with E-state index in [1.165, 1.54) is 19.3 Å². The van der Waals surface area contributed by atoms with Crippen LogP contribution in [0.3, 0.4) is 0 Å². The van der Waals surface area contributed by atoms with Crippen molar-refractivity contribution in [3.8, 4) is 0 Å². The maximum absolute atomic E-state index is 4.59. The predicted molar refractivity (Wildman–Crippen MR) is 90.5 cm³/mol. The van der Waals surface area contributed by atoms with Crippen LogP contribution in [0.1, 0.15) is 51.4 Å². The van der Waals surface area contributed by atoms with Crippen molar-refractivity contribution < 1.29 is 0 Å². The van der Waals surface area contributed by atoms with Crippen molar-refractivity contribution in [3.05, 3.63) is 29.6 Å². The first kappa shape index (κ1) is 17.5. The Morgan fingerprint density at radius 2 is 2.05 bits per heavy atom. The third-order valence-electron chi connectivity index (χ3n) is 3.19. The number of hydrogen-bond donors (Lipinski definition) is 2. The molecule has 118 valence electrons. The zero-order chi connectivity index (χ0) is 15.5. The van der Waals surface area contributed by atoms with Gasteiger partial charge in [0.1, 0.15) is 0 Å². The number of guanidine groups is 1. The SMILES string of the molecule is CCNC(=NCc1cccc(C)n1)NCCCCC(C)C. The van der Waals surface area contributed by atoms with Gasteiger partial charge < -0.3 is 10.6 Å². The summed E-state index contributed by atoms with van der Waals surface area (Å²) in [5.41, 5.74) is 2.04. The highest BCUT2D eigenvalue weighted by Crippen LogP contribution is 2.05. The highest BCUT2D eigenvalue weighted by atomic mass is 15.2. The van der Waals surface area contributed by atoms with Crippen LogP contribution >= 0.6 is 0 Å².